The van der Waals surface area contributed by atoms with Crippen molar-refractivity contribution in [2.45, 2.75) is 20.4 Å². The van der Waals surface area contributed by atoms with Gasteiger partial charge in [-0.15, -0.1) is 0 Å². The van der Waals surface area contributed by atoms with Crippen molar-refractivity contribution in [2.24, 2.45) is 5.92 Å². The summed E-state index contributed by atoms with van der Waals surface area (Å²) in [7, 11) is 1.64. The molecule has 0 saturated carbocycles. The normalized spacial score (nSPS) is 14.5. The second kappa shape index (κ2) is 8.54. The number of aromatic amines is 1. The molecule has 0 spiro atoms. The van der Waals surface area contributed by atoms with Crippen molar-refractivity contribution in [3.05, 3.63) is 50.0 Å². The minimum absolute atomic E-state index is 0.136. The van der Waals surface area contributed by atoms with Crippen LogP contribution in [-0.4, -0.2) is 58.0 Å². The van der Waals surface area contributed by atoms with Crippen LogP contribution in [0, 0.1) is 5.92 Å². The van der Waals surface area contributed by atoms with Crippen molar-refractivity contribution in [1.29, 1.82) is 0 Å². The van der Waals surface area contributed by atoms with Gasteiger partial charge in [-0.05, 0) is 29.6 Å². The Morgan fingerprint density at radius 3 is 2.65 bits per heavy atom. The first-order valence-electron chi connectivity index (χ1n) is 10.2. The molecule has 1 aliphatic rings. The van der Waals surface area contributed by atoms with Crippen LogP contribution in [-0.2, 0) is 6.54 Å². The summed E-state index contributed by atoms with van der Waals surface area (Å²) in [5.74, 6) is 0.713. The predicted molar refractivity (Wildman–Crippen MR) is 120 cm³/mol. The van der Waals surface area contributed by atoms with Crippen LogP contribution in [0.15, 0.2) is 33.9 Å². The maximum Gasteiger partial charge on any atom is 0.328 e. The quantitative estimate of drug-likeness (QED) is 0.645. The highest BCUT2D eigenvalue weighted by Gasteiger charge is 2.27. The summed E-state index contributed by atoms with van der Waals surface area (Å²) in [5.41, 5.74) is 0.461. The molecule has 1 aromatic carbocycles. The number of ether oxygens (including phenoxy) is 1. The highest BCUT2D eigenvalue weighted by molar-refractivity contribution is 7.09. The van der Waals surface area contributed by atoms with Crippen LogP contribution in [0.2, 0.25) is 0 Å². The van der Waals surface area contributed by atoms with Crippen molar-refractivity contribution < 1.29 is 9.53 Å². The summed E-state index contributed by atoms with van der Waals surface area (Å²) in [4.78, 5) is 45.2. The number of anilines is 1. The van der Waals surface area contributed by atoms with E-state index in [0.717, 1.165) is 27.5 Å². The zero-order valence-electron chi connectivity index (χ0n) is 17.8. The fourth-order valence-electron chi connectivity index (χ4n) is 3.74. The number of fused-ring (bicyclic) bond motifs is 1. The van der Waals surface area contributed by atoms with E-state index in [1.165, 1.54) is 0 Å². The molecule has 0 aliphatic carbocycles. The van der Waals surface area contributed by atoms with Crippen molar-refractivity contribution in [3.8, 4) is 5.75 Å². The Hall–Kier alpha value is -3.14. The van der Waals surface area contributed by atoms with Crippen molar-refractivity contribution in [1.82, 2.24) is 18.8 Å². The van der Waals surface area contributed by atoms with Gasteiger partial charge in [0.2, 0.25) is 0 Å². The first-order valence-corrected chi connectivity index (χ1v) is 11.0. The van der Waals surface area contributed by atoms with Crippen LogP contribution in [0.25, 0.3) is 11.0 Å². The van der Waals surface area contributed by atoms with Gasteiger partial charge in [-0.2, -0.15) is 4.37 Å². The molecule has 1 fully saturated rings. The van der Waals surface area contributed by atoms with Gasteiger partial charge in [-0.1, -0.05) is 19.9 Å². The van der Waals surface area contributed by atoms with Crippen LogP contribution in [0.5, 0.6) is 5.75 Å². The van der Waals surface area contributed by atoms with Gasteiger partial charge in [0.05, 0.1) is 12.6 Å². The standard InChI is InChI=1S/C21H25N5O4S/c1-13(2)12-26-19(27)17-16(22-21(26)29)18(31-23-17)20(28)25-9-7-24(8-10-25)14-5-4-6-15(11-14)30-3/h4-6,11,13H,7-10,12H2,1-3H3,(H,22,29). The van der Waals surface area contributed by atoms with Crippen LogP contribution >= 0.6 is 11.5 Å². The van der Waals surface area contributed by atoms with E-state index in [0.29, 0.717) is 37.6 Å². The maximum atomic E-state index is 13.1. The molecule has 4 rings (SSSR count). The third-order valence-electron chi connectivity index (χ3n) is 5.34. The highest BCUT2D eigenvalue weighted by atomic mass is 32.1. The van der Waals surface area contributed by atoms with Gasteiger partial charge in [0.1, 0.15) is 10.6 Å². The highest BCUT2D eigenvalue weighted by Crippen LogP contribution is 2.24. The largest absolute Gasteiger partial charge is 0.497 e. The van der Waals surface area contributed by atoms with Gasteiger partial charge in [0.15, 0.2) is 5.52 Å². The minimum Gasteiger partial charge on any atom is -0.497 e. The summed E-state index contributed by atoms with van der Waals surface area (Å²) >= 11 is 0.962. The number of hydrogen-bond acceptors (Lipinski definition) is 7. The number of aromatic nitrogens is 3. The number of H-pyrrole nitrogens is 1. The molecule has 0 bridgehead atoms. The molecule has 3 aromatic rings. The van der Waals surface area contributed by atoms with Crippen LogP contribution in [0.1, 0.15) is 23.5 Å². The molecule has 1 amide bonds. The van der Waals surface area contributed by atoms with E-state index in [-0.39, 0.29) is 22.9 Å². The first kappa shape index (κ1) is 21.1. The third-order valence-corrected chi connectivity index (χ3v) is 6.18. The average Bonchev–Trinajstić information content (AvgIpc) is 3.20. The molecule has 0 atom stereocenters. The van der Waals surface area contributed by atoms with E-state index in [1.807, 2.05) is 38.1 Å². The molecular formula is C21H25N5O4S. The van der Waals surface area contributed by atoms with Crippen LogP contribution in [0.3, 0.4) is 0 Å². The number of nitrogens with zero attached hydrogens (tertiary/aromatic N) is 4. The number of benzene rings is 1. The Labute approximate surface area is 183 Å². The summed E-state index contributed by atoms with van der Waals surface area (Å²) in [5, 5.41) is 0. The van der Waals surface area contributed by atoms with E-state index in [2.05, 4.69) is 14.3 Å². The predicted octanol–water partition coefficient (Wildman–Crippen LogP) is 1.77. The maximum absolute atomic E-state index is 13.1. The van der Waals surface area contributed by atoms with Gasteiger partial charge >= 0.3 is 5.69 Å². The minimum atomic E-state index is -0.511. The smallest absolute Gasteiger partial charge is 0.328 e. The average molecular weight is 444 g/mol. The van der Waals surface area contributed by atoms with Crippen LogP contribution in [0.4, 0.5) is 5.69 Å². The number of hydrogen-bond donors (Lipinski definition) is 1. The number of rotatable bonds is 5. The first-order chi connectivity index (χ1) is 14.9. The molecule has 164 valence electrons. The lowest BCUT2D eigenvalue weighted by Gasteiger charge is -2.36. The third kappa shape index (κ3) is 4.07. The van der Waals surface area contributed by atoms with Crippen molar-refractivity contribution in [2.75, 3.05) is 38.2 Å². The Kier molecular flexibility index (Phi) is 5.81. The second-order valence-corrected chi connectivity index (χ2v) is 8.73. The van der Waals surface area contributed by atoms with Gasteiger partial charge in [0.25, 0.3) is 11.5 Å². The molecule has 1 N–H and O–H groups in total. The number of amides is 1. The summed E-state index contributed by atoms with van der Waals surface area (Å²) in [6, 6.07) is 7.83. The fourth-order valence-corrected chi connectivity index (χ4v) is 4.54. The second-order valence-electron chi connectivity index (χ2n) is 7.96. The molecule has 31 heavy (non-hydrogen) atoms. The fraction of sp³-hybridized carbons (Fsp3) is 0.429. The molecule has 1 saturated heterocycles. The lowest BCUT2D eigenvalue weighted by atomic mass is 10.2. The number of nitrogens with one attached hydrogen (secondary N) is 1. The van der Waals surface area contributed by atoms with E-state index >= 15 is 0 Å². The van der Waals surface area contributed by atoms with Gasteiger partial charge in [0, 0.05) is 44.5 Å². The molecular weight excluding hydrogens is 418 g/mol. The summed E-state index contributed by atoms with van der Waals surface area (Å²) in [6.07, 6.45) is 0. The van der Waals surface area contributed by atoms with E-state index < -0.39 is 11.2 Å². The Morgan fingerprint density at radius 1 is 1.23 bits per heavy atom. The summed E-state index contributed by atoms with van der Waals surface area (Å²) in [6.45, 7) is 6.57. The zero-order valence-corrected chi connectivity index (χ0v) is 18.6. The Bertz CT molecular complexity index is 1220. The van der Waals surface area contributed by atoms with Crippen molar-refractivity contribution >= 4 is 34.2 Å². The number of piperazine rings is 1. The number of carbonyl (C=O) groups excluding carboxylic acids is 1. The summed E-state index contributed by atoms with van der Waals surface area (Å²) < 4.78 is 10.6. The Morgan fingerprint density at radius 2 is 1.97 bits per heavy atom. The number of methoxy groups -OCH3 is 1. The number of carbonyl (C=O) groups is 1. The lowest BCUT2D eigenvalue weighted by molar-refractivity contribution is 0.0753. The molecule has 2 aromatic heterocycles. The monoisotopic (exact) mass is 443 g/mol. The molecule has 1 aliphatic heterocycles. The van der Waals surface area contributed by atoms with E-state index in [9.17, 15) is 14.4 Å². The SMILES string of the molecule is COc1cccc(N2CCN(C(=O)c3snc4c(=O)n(CC(C)C)c(=O)[nH]c34)CC2)c1. The molecule has 10 heteroatoms. The zero-order chi connectivity index (χ0) is 22.1. The topological polar surface area (TPSA) is 101 Å². The van der Waals surface area contributed by atoms with E-state index in [1.54, 1.807) is 12.0 Å². The molecule has 3 heterocycles. The van der Waals surface area contributed by atoms with Gasteiger partial charge in [-0.25, -0.2) is 4.79 Å². The van der Waals surface area contributed by atoms with Crippen LogP contribution < -0.4 is 20.9 Å². The molecule has 0 radical (unpaired) electrons. The Balaban J connectivity index is 1.54. The van der Waals surface area contributed by atoms with Gasteiger partial charge < -0.3 is 19.5 Å². The lowest BCUT2D eigenvalue weighted by Crippen LogP contribution is -2.48. The van der Waals surface area contributed by atoms with Crippen molar-refractivity contribution in [3.63, 3.8) is 0 Å². The molecule has 0 unspecified atom stereocenters. The molecule has 9 nitrogen and oxygen atoms in total. The van der Waals surface area contributed by atoms with Gasteiger partial charge in [-0.3, -0.25) is 14.2 Å². The van der Waals surface area contributed by atoms with E-state index in [4.69, 9.17) is 4.74 Å².